The fourth-order valence-electron chi connectivity index (χ4n) is 2.42. The number of hydrogen-bond acceptors (Lipinski definition) is 3. The van der Waals surface area contributed by atoms with Crippen molar-refractivity contribution in [1.29, 1.82) is 0 Å². The highest BCUT2D eigenvalue weighted by Crippen LogP contribution is 2.27. The monoisotopic (exact) mass is 391 g/mol. The van der Waals surface area contributed by atoms with Crippen LogP contribution >= 0.6 is 15.9 Å². The Labute approximate surface area is 151 Å². The lowest BCUT2D eigenvalue weighted by molar-refractivity contribution is 0.101. The summed E-state index contributed by atoms with van der Waals surface area (Å²) in [6, 6.07) is 11.4. The molecule has 0 aliphatic heterocycles. The molecule has 0 heterocycles. The van der Waals surface area contributed by atoms with Crippen LogP contribution < -0.4 is 10.1 Å². The molecule has 4 nitrogen and oxygen atoms in total. The van der Waals surface area contributed by atoms with Gasteiger partial charge in [0.2, 0.25) is 0 Å². The van der Waals surface area contributed by atoms with Crippen molar-refractivity contribution >= 4 is 27.5 Å². The Hall–Kier alpha value is -1.85. The van der Waals surface area contributed by atoms with E-state index in [0.717, 1.165) is 27.7 Å². The van der Waals surface area contributed by atoms with Crippen LogP contribution in [0.4, 0.5) is 5.69 Å². The number of hydrogen-bond donors (Lipinski definition) is 1. The van der Waals surface area contributed by atoms with Crippen molar-refractivity contribution in [3.05, 3.63) is 57.6 Å². The zero-order valence-electron chi connectivity index (χ0n) is 14.2. The third kappa shape index (κ3) is 4.58. The van der Waals surface area contributed by atoms with Crippen molar-refractivity contribution in [3.63, 3.8) is 0 Å². The van der Waals surface area contributed by atoms with Crippen LogP contribution in [0.1, 0.15) is 28.4 Å². The van der Waals surface area contributed by atoms with Crippen molar-refractivity contribution in [2.24, 2.45) is 0 Å². The van der Waals surface area contributed by atoms with Crippen LogP contribution in [0.25, 0.3) is 0 Å². The molecule has 24 heavy (non-hydrogen) atoms. The van der Waals surface area contributed by atoms with E-state index in [-0.39, 0.29) is 5.91 Å². The predicted molar refractivity (Wildman–Crippen MR) is 100 cm³/mol. The second-order valence-corrected chi connectivity index (χ2v) is 6.31. The Morgan fingerprint density at radius 1 is 1.21 bits per heavy atom. The molecule has 1 amide bonds. The number of carbonyl (C=O) groups is 1. The fourth-order valence-corrected chi connectivity index (χ4v) is 2.78. The van der Waals surface area contributed by atoms with Crippen LogP contribution in [0.3, 0.4) is 0 Å². The second-order valence-electron chi connectivity index (χ2n) is 5.40. The Morgan fingerprint density at radius 2 is 2.00 bits per heavy atom. The molecule has 0 unspecified atom stereocenters. The highest BCUT2D eigenvalue weighted by Gasteiger charge is 2.16. The van der Waals surface area contributed by atoms with Gasteiger partial charge in [-0.3, -0.25) is 4.79 Å². The van der Waals surface area contributed by atoms with Crippen LogP contribution in [-0.2, 0) is 11.2 Å². The number of carbonyl (C=O) groups excluding carboxylic acids is 1. The van der Waals surface area contributed by atoms with Gasteiger partial charge < -0.3 is 14.8 Å². The van der Waals surface area contributed by atoms with Gasteiger partial charge in [-0.2, -0.15) is 0 Å². The van der Waals surface area contributed by atoms with E-state index < -0.39 is 0 Å². The maximum atomic E-state index is 12.8. The van der Waals surface area contributed by atoms with E-state index in [1.807, 2.05) is 31.2 Å². The molecule has 2 aromatic carbocycles. The zero-order chi connectivity index (χ0) is 17.5. The molecule has 0 aliphatic rings. The Morgan fingerprint density at radius 3 is 2.71 bits per heavy atom. The fraction of sp³-hybridized carbons (Fsp3) is 0.316. The summed E-state index contributed by atoms with van der Waals surface area (Å²) in [4.78, 5) is 12.8. The van der Waals surface area contributed by atoms with Crippen molar-refractivity contribution < 1.29 is 14.3 Å². The highest BCUT2D eigenvalue weighted by atomic mass is 79.9. The standard InChI is InChI=1S/C19H22BrNO3/c1-4-14-7-5-6-13(2)18(14)21-19(22)16-12-15(20)8-9-17(16)24-11-10-23-3/h5-9,12H,4,10-11H2,1-3H3,(H,21,22). The molecule has 0 saturated heterocycles. The number of halogens is 1. The first-order valence-corrected chi connectivity index (χ1v) is 8.67. The second kappa shape index (κ2) is 8.85. The van der Waals surface area contributed by atoms with Gasteiger partial charge in [0.05, 0.1) is 12.2 Å². The maximum absolute atomic E-state index is 12.8. The molecule has 0 spiro atoms. The molecule has 128 valence electrons. The van der Waals surface area contributed by atoms with Crippen molar-refractivity contribution in [3.8, 4) is 5.75 Å². The molecule has 0 bridgehead atoms. The number of aryl methyl sites for hydroxylation is 2. The summed E-state index contributed by atoms with van der Waals surface area (Å²) in [5.74, 6) is 0.354. The summed E-state index contributed by atoms with van der Waals surface area (Å²) in [6.45, 7) is 4.92. The Balaban J connectivity index is 2.28. The van der Waals surface area contributed by atoms with Crippen molar-refractivity contribution in [1.82, 2.24) is 0 Å². The number of benzene rings is 2. The minimum atomic E-state index is -0.187. The molecule has 2 rings (SSSR count). The average molecular weight is 392 g/mol. The highest BCUT2D eigenvalue weighted by molar-refractivity contribution is 9.10. The summed E-state index contributed by atoms with van der Waals surface area (Å²) in [5.41, 5.74) is 3.51. The van der Waals surface area contributed by atoms with Crippen molar-refractivity contribution in [2.45, 2.75) is 20.3 Å². The first-order chi connectivity index (χ1) is 11.6. The van der Waals surface area contributed by atoms with E-state index in [1.165, 1.54) is 0 Å². The number of methoxy groups -OCH3 is 1. The third-order valence-corrected chi connectivity index (χ3v) is 4.20. The maximum Gasteiger partial charge on any atom is 0.259 e. The molecule has 5 heteroatoms. The number of rotatable bonds is 7. The molecule has 0 aliphatic carbocycles. The van der Waals surface area contributed by atoms with Gasteiger partial charge in [0.1, 0.15) is 12.4 Å². The summed E-state index contributed by atoms with van der Waals surface area (Å²) < 4.78 is 11.5. The minimum Gasteiger partial charge on any atom is -0.490 e. The normalized spacial score (nSPS) is 10.5. The molecule has 0 saturated carbocycles. The van der Waals surface area contributed by atoms with E-state index in [1.54, 1.807) is 19.2 Å². The summed E-state index contributed by atoms with van der Waals surface area (Å²) >= 11 is 3.41. The molecular formula is C19H22BrNO3. The lowest BCUT2D eigenvalue weighted by Crippen LogP contribution is -2.16. The van der Waals surface area contributed by atoms with Gasteiger partial charge in [-0.15, -0.1) is 0 Å². The molecule has 2 aromatic rings. The van der Waals surface area contributed by atoms with Gasteiger partial charge in [-0.05, 0) is 42.7 Å². The lowest BCUT2D eigenvalue weighted by atomic mass is 10.1. The van der Waals surface area contributed by atoms with Gasteiger partial charge in [-0.25, -0.2) is 0 Å². The number of para-hydroxylation sites is 1. The predicted octanol–water partition coefficient (Wildman–Crippen LogP) is 4.60. The van der Waals surface area contributed by atoms with Gasteiger partial charge in [0.15, 0.2) is 0 Å². The van der Waals surface area contributed by atoms with Crippen LogP contribution in [0.2, 0.25) is 0 Å². The quantitative estimate of drug-likeness (QED) is 0.701. The Bertz CT molecular complexity index is 716. The molecule has 0 fully saturated rings. The number of anilines is 1. The average Bonchev–Trinajstić information content (AvgIpc) is 2.58. The summed E-state index contributed by atoms with van der Waals surface area (Å²) in [7, 11) is 1.61. The Kier molecular flexibility index (Phi) is 6.82. The molecule has 0 radical (unpaired) electrons. The van der Waals surface area contributed by atoms with E-state index in [4.69, 9.17) is 9.47 Å². The van der Waals surface area contributed by atoms with Crippen LogP contribution in [0, 0.1) is 6.92 Å². The van der Waals surface area contributed by atoms with Gasteiger partial charge in [0, 0.05) is 17.3 Å². The van der Waals surface area contributed by atoms with E-state index in [0.29, 0.717) is 24.5 Å². The van der Waals surface area contributed by atoms with Crippen molar-refractivity contribution in [2.75, 3.05) is 25.6 Å². The molecule has 0 aromatic heterocycles. The first kappa shape index (κ1) is 18.5. The van der Waals surface area contributed by atoms with E-state index in [2.05, 4.69) is 28.2 Å². The van der Waals surface area contributed by atoms with Crippen LogP contribution in [0.15, 0.2) is 40.9 Å². The minimum absolute atomic E-state index is 0.187. The third-order valence-electron chi connectivity index (χ3n) is 3.71. The SMILES string of the molecule is CCc1cccc(C)c1NC(=O)c1cc(Br)ccc1OCCOC. The molecule has 1 N–H and O–H groups in total. The molecular weight excluding hydrogens is 370 g/mol. The topological polar surface area (TPSA) is 47.6 Å². The van der Waals surface area contributed by atoms with Gasteiger partial charge >= 0.3 is 0 Å². The summed E-state index contributed by atoms with van der Waals surface area (Å²) in [6.07, 6.45) is 0.854. The lowest BCUT2D eigenvalue weighted by Gasteiger charge is -2.15. The largest absolute Gasteiger partial charge is 0.490 e. The van der Waals surface area contributed by atoms with Crippen LogP contribution in [0.5, 0.6) is 5.75 Å². The summed E-state index contributed by atoms with van der Waals surface area (Å²) in [5, 5.41) is 3.03. The number of amides is 1. The smallest absolute Gasteiger partial charge is 0.259 e. The van der Waals surface area contributed by atoms with E-state index in [9.17, 15) is 4.79 Å². The first-order valence-electron chi connectivity index (χ1n) is 7.88. The zero-order valence-corrected chi connectivity index (χ0v) is 15.8. The van der Waals surface area contributed by atoms with Gasteiger partial charge in [0.25, 0.3) is 5.91 Å². The molecule has 0 atom stereocenters. The number of nitrogens with one attached hydrogen (secondary N) is 1. The van der Waals surface area contributed by atoms with Gasteiger partial charge in [-0.1, -0.05) is 41.1 Å². The number of ether oxygens (including phenoxy) is 2. The van der Waals surface area contributed by atoms with Crippen LogP contribution in [-0.4, -0.2) is 26.2 Å². The van der Waals surface area contributed by atoms with E-state index >= 15 is 0 Å².